The Kier molecular flexibility index (Phi) is 5.15. The Morgan fingerprint density at radius 2 is 1.81 bits per heavy atom. The fourth-order valence-corrected chi connectivity index (χ4v) is 5.50. The van der Waals surface area contributed by atoms with Gasteiger partial charge in [0.25, 0.3) is 0 Å². The Morgan fingerprint density at radius 3 is 2.48 bits per heavy atom. The molecular weight excluding hydrogens is 390 g/mol. The molecule has 1 amide bonds. The van der Waals surface area contributed by atoms with E-state index in [-0.39, 0.29) is 6.09 Å². The van der Waals surface area contributed by atoms with Crippen LogP contribution in [0.4, 0.5) is 10.7 Å². The minimum atomic E-state index is -0.458. The summed E-state index contributed by atoms with van der Waals surface area (Å²) < 4.78 is 7.69. The Balaban J connectivity index is 1.29. The van der Waals surface area contributed by atoms with Crippen molar-refractivity contribution in [3.8, 4) is 0 Å². The molecule has 1 N–H and O–H groups in total. The quantitative estimate of drug-likeness (QED) is 0.799. The SMILES string of the molecule is CC(C)(C)OC(=O)N1C[C@H]2CC[C@@H](C1)[C@@H]2Nc1nc2n(n1)CCCC2c1ccccc1. The molecule has 1 unspecified atom stereocenters. The van der Waals surface area contributed by atoms with E-state index in [0.29, 0.717) is 23.8 Å². The second-order valence-corrected chi connectivity index (χ2v) is 10.3. The summed E-state index contributed by atoms with van der Waals surface area (Å²) >= 11 is 0. The summed E-state index contributed by atoms with van der Waals surface area (Å²) in [5, 5.41) is 8.47. The number of likely N-dealkylation sites (tertiary alicyclic amines) is 1. The molecular formula is C24H33N5O2. The van der Waals surface area contributed by atoms with E-state index < -0.39 is 5.60 Å². The van der Waals surface area contributed by atoms with Gasteiger partial charge in [-0.05, 0) is 63.9 Å². The fourth-order valence-electron chi connectivity index (χ4n) is 5.50. The highest BCUT2D eigenvalue weighted by atomic mass is 16.6. The molecule has 2 bridgehead atoms. The van der Waals surface area contributed by atoms with Gasteiger partial charge in [-0.3, -0.25) is 0 Å². The lowest BCUT2D eigenvalue weighted by Crippen LogP contribution is -2.51. The number of hydrogen-bond acceptors (Lipinski definition) is 5. The number of aryl methyl sites for hydroxylation is 1. The third kappa shape index (κ3) is 4.14. The molecule has 7 heteroatoms. The van der Waals surface area contributed by atoms with Crippen LogP contribution in [0.5, 0.6) is 0 Å². The fraction of sp³-hybridized carbons (Fsp3) is 0.625. The van der Waals surface area contributed by atoms with E-state index in [2.05, 4.69) is 40.3 Å². The first-order valence-electron chi connectivity index (χ1n) is 11.6. The van der Waals surface area contributed by atoms with E-state index in [1.807, 2.05) is 25.7 Å². The second kappa shape index (κ2) is 7.84. The topological polar surface area (TPSA) is 72.3 Å². The molecule has 2 fully saturated rings. The van der Waals surface area contributed by atoms with Crippen LogP contribution >= 0.6 is 0 Å². The number of anilines is 1. The number of aromatic nitrogens is 3. The zero-order valence-corrected chi connectivity index (χ0v) is 18.8. The van der Waals surface area contributed by atoms with E-state index in [9.17, 15) is 4.79 Å². The number of ether oxygens (including phenoxy) is 1. The molecule has 1 saturated carbocycles. The molecule has 1 saturated heterocycles. The number of carbonyl (C=O) groups is 1. The molecule has 3 aliphatic rings. The first-order chi connectivity index (χ1) is 14.9. The summed E-state index contributed by atoms with van der Waals surface area (Å²) in [7, 11) is 0. The normalized spacial score (nSPS) is 27.6. The van der Waals surface area contributed by atoms with Crippen molar-refractivity contribution < 1.29 is 9.53 Å². The highest BCUT2D eigenvalue weighted by Crippen LogP contribution is 2.39. The molecule has 2 aliphatic heterocycles. The summed E-state index contributed by atoms with van der Waals surface area (Å²) in [6.45, 7) is 8.16. The zero-order valence-electron chi connectivity index (χ0n) is 18.8. The van der Waals surface area contributed by atoms with Gasteiger partial charge in [-0.1, -0.05) is 30.3 Å². The number of rotatable bonds is 3. The van der Waals surface area contributed by atoms with Crippen LogP contribution in [0.3, 0.4) is 0 Å². The molecule has 0 radical (unpaired) electrons. The summed E-state index contributed by atoms with van der Waals surface area (Å²) in [6, 6.07) is 10.9. The van der Waals surface area contributed by atoms with Gasteiger partial charge in [-0.15, -0.1) is 5.10 Å². The maximum atomic E-state index is 12.6. The van der Waals surface area contributed by atoms with Gasteiger partial charge < -0.3 is 15.0 Å². The first-order valence-corrected chi connectivity index (χ1v) is 11.6. The summed E-state index contributed by atoms with van der Waals surface area (Å²) in [5.41, 5.74) is 0.855. The molecule has 5 rings (SSSR count). The molecule has 0 spiro atoms. The number of fused-ring (bicyclic) bond motifs is 3. The highest BCUT2D eigenvalue weighted by Gasteiger charge is 2.44. The molecule has 1 aromatic carbocycles. The molecule has 4 atom stereocenters. The largest absolute Gasteiger partial charge is 0.444 e. The Hall–Kier alpha value is -2.57. The molecule has 7 nitrogen and oxygen atoms in total. The Morgan fingerprint density at radius 1 is 1.10 bits per heavy atom. The summed E-state index contributed by atoms with van der Waals surface area (Å²) in [6.07, 6.45) is 4.30. The van der Waals surface area contributed by atoms with E-state index >= 15 is 0 Å². The average molecular weight is 424 g/mol. The molecule has 166 valence electrons. The van der Waals surface area contributed by atoms with Gasteiger partial charge in [0.2, 0.25) is 5.95 Å². The van der Waals surface area contributed by atoms with E-state index in [1.165, 1.54) is 5.56 Å². The molecule has 31 heavy (non-hydrogen) atoms. The average Bonchev–Trinajstić information content (AvgIpc) is 3.23. The molecule has 1 aliphatic carbocycles. The smallest absolute Gasteiger partial charge is 0.410 e. The van der Waals surface area contributed by atoms with Gasteiger partial charge in [0, 0.05) is 31.6 Å². The van der Waals surface area contributed by atoms with Crippen LogP contribution < -0.4 is 5.32 Å². The molecule has 3 heterocycles. The van der Waals surface area contributed by atoms with Gasteiger partial charge in [0.15, 0.2) is 0 Å². The summed E-state index contributed by atoms with van der Waals surface area (Å²) in [5.74, 6) is 2.95. The van der Waals surface area contributed by atoms with Crippen LogP contribution in [0, 0.1) is 11.8 Å². The Labute approximate surface area is 184 Å². The third-order valence-electron chi connectivity index (χ3n) is 6.86. The number of nitrogens with one attached hydrogen (secondary N) is 1. The van der Waals surface area contributed by atoms with Crippen LogP contribution in [0.25, 0.3) is 0 Å². The van der Waals surface area contributed by atoms with Crippen molar-refractivity contribution in [1.82, 2.24) is 19.7 Å². The lowest BCUT2D eigenvalue weighted by molar-refractivity contribution is 0.0141. The van der Waals surface area contributed by atoms with E-state index in [4.69, 9.17) is 14.8 Å². The zero-order chi connectivity index (χ0) is 21.6. The minimum absolute atomic E-state index is 0.191. The number of nitrogens with zero attached hydrogens (tertiary/aromatic N) is 4. The monoisotopic (exact) mass is 423 g/mol. The maximum Gasteiger partial charge on any atom is 0.410 e. The van der Waals surface area contributed by atoms with Crippen LogP contribution in [0.15, 0.2) is 30.3 Å². The van der Waals surface area contributed by atoms with Gasteiger partial charge in [0.1, 0.15) is 11.4 Å². The standard InChI is InChI=1S/C24H33N5O2/c1-24(2,3)31-23(30)28-14-17-11-12-18(15-28)20(17)25-22-26-21-19(10-7-13-29(21)27-22)16-8-5-4-6-9-16/h4-6,8-9,17-20H,7,10-15H2,1-3H3,(H,25,27)/t17-,18+,19?,20-. The van der Waals surface area contributed by atoms with Crippen LogP contribution in [0.1, 0.15) is 63.8 Å². The van der Waals surface area contributed by atoms with Crippen LogP contribution in [0.2, 0.25) is 0 Å². The van der Waals surface area contributed by atoms with Crippen molar-refractivity contribution in [3.63, 3.8) is 0 Å². The predicted octanol–water partition coefficient (Wildman–Crippen LogP) is 4.26. The maximum absolute atomic E-state index is 12.6. The molecule has 1 aromatic heterocycles. The second-order valence-electron chi connectivity index (χ2n) is 10.3. The number of hydrogen-bond donors (Lipinski definition) is 1. The van der Waals surface area contributed by atoms with Crippen molar-refractivity contribution in [2.24, 2.45) is 11.8 Å². The molecule has 2 aromatic rings. The van der Waals surface area contributed by atoms with E-state index in [0.717, 1.165) is 57.1 Å². The van der Waals surface area contributed by atoms with Crippen molar-refractivity contribution in [2.75, 3.05) is 18.4 Å². The Bertz CT molecular complexity index is 921. The lowest BCUT2D eigenvalue weighted by atomic mass is 9.91. The van der Waals surface area contributed by atoms with Crippen molar-refractivity contribution in [2.45, 2.75) is 70.6 Å². The highest BCUT2D eigenvalue weighted by molar-refractivity contribution is 5.68. The predicted molar refractivity (Wildman–Crippen MR) is 119 cm³/mol. The number of amides is 1. The lowest BCUT2D eigenvalue weighted by Gasteiger charge is -2.38. The van der Waals surface area contributed by atoms with E-state index in [1.54, 1.807) is 0 Å². The van der Waals surface area contributed by atoms with Crippen molar-refractivity contribution >= 4 is 12.0 Å². The van der Waals surface area contributed by atoms with Gasteiger partial charge in [-0.2, -0.15) is 4.98 Å². The van der Waals surface area contributed by atoms with Gasteiger partial charge in [0.05, 0.1) is 0 Å². The van der Waals surface area contributed by atoms with Gasteiger partial charge in [-0.25, -0.2) is 9.48 Å². The summed E-state index contributed by atoms with van der Waals surface area (Å²) in [4.78, 5) is 19.4. The van der Waals surface area contributed by atoms with Crippen LogP contribution in [-0.4, -0.2) is 50.5 Å². The number of carbonyl (C=O) groups excluding carboxylic acids is 1. The number of piperidine rings is 1. The van der Waals surface area contributed by atoms with Crippen molar-refractivity contribution in [3.05, 3.63) is 41.7 Å². The van der Waals surface area contributed by atoms with Crippen LogP contribution in [-0.2, 0) is 11.3 Å². The third-order valence-corrected chi connectivity index (χ3v) is 6.86. The van der Waals surface area contributed by atoms with Gasteiger partial charge >= 0.3 is 6.09 Å². The van der Waals surface area contributed by atoms with Crippen molar-refractivity contribution in [1.29, 1.82) is 0 Å². The number of benzene rings is 1. The first kappa shape index (κ1) is 20.3. The minimum Gasteiger partial charge on any atom is -0.444 e.